The SMILES string of the molecule is C=C1/C(=C\C=C2/CCC[C@]3(C)C(CC4CC(C)(C=O)ON4Cc4ccc(OC)cc4)CC[C@@H]23)C[C@@H](O)C[C@@H]1O. The van der Waals surface area contributed by atoms with Gasteiger partial charge < -0.3 is 19.7 Å². The summed E-state index contributed by atoms with van der Waals surface area (Å²) in [7, 11) is 1.67. The van der Waals surface area contributed by atoms with Crippen LogP contribution < -0.4 is 4.74 Å². The molecule has 0 bridgehead atoms. The zero-order valence-corrected chi connectivity index (χ0v) is 23.8. The van der Waals surface area contributed by atoms with Gasteiger partial charge in [-0.1, -0.05) is 43.4 Å². The molecule has 7 atom stereocenters. The van der Waals surface area contributed by atoms with Gasteiger partial charge in [-0.05, 0) is 98.0 Å². The van der Waals surface area contributed by atoms with Gasteiger partial charge in [0, 0.05) is 25.4 Å². The molecule has 1 aromatic rings. The molecule has 4 aliphatic rings. The van der Waals surface area contributed by atoms with E-state index in [0.29, 0.717) is 37.6 Å². The first-order chi connectivity index (χ1) is 18.6. The van der Waals surface area contributed by atoms with Crippen LogP contribution in [0.25, 0.3) is 0 Å². The number of carbonyl (C=O) groups is 1. The molecule has 0 radical (unpaired) electrons. The number of hydroxylamine groups is 2. The topological polar surface area (TPSA) is 79.2 Å². The molecular weight excluding hydrogens is 490 g/mol. The van der Waals surface area contributed by atoms with E-state index in [0.717, 1.165) is 41.6 Å². The first kappa shape index (κ1) is 28.3. The summed E-state index contributed by atoms with van der Waals surface area (Å²) in [4.78, 5) is 18.2. The second-order valence-corrected chi connectivity index (χ2v) is 12.8. The van der Waals surface area contributed by atoms with Crippen molar-refractivity contribution in [2.45, 2.75) is 102 Å². The number of aliphatic hydroxyl groups excluding tert-OH is 2. The normalized spacial score (nSPS) is 39.3. The molecule has 2 N–H and O–H groups in total. The number of nitrogens with zero attached hydrogens (tertiary/aromatic N) is 1. The summed E-state index contributed by atoms with van der Waals surface area (Å²) >= 11 is 0. The minimum Gasteiger partial charge on any atom is -0.497 e. The number of fused-ring (bicyclic) bond motifs is 1. The molecule has 1 heterocycles. The Morgan fingerprint density at radius 1 is 1.18 bits per heavy atom. The maximum Gasteiger partial charge on any atom is 0.153 e. The molecule has 0 aromatic heterocycles. The Labute approximate surface area is 233 Å². The van der Waals surface area contributed by atoms with Crippen LogP contribution in [0.5, 0.6) is 5.75 Å². The Balaban J connectivity index is 1.32. The molecule has 0 spiro atoms. The van der Waals surface area contributed by atoms with Crippen molar-refractivity contribution in [2.24, 2.45) is 17.3 Å². The zero-order valence-electron chi connectivity index (χ0n) is 23.8. The van der Waals surface area contributed by atoms with Gasteiger partial charge in [-0.15, -0.1) is 0 Å². The van der Waals surface area contributed by atoms with E-state index in [1.54, 1.807) is 7.11 Å². The first-order valence-corrected chi connectivity index (χ1v) is 14.6. The molecule has 39 heavy (non-hydrogen) atoms. The van der Waals surface area contributed by atoms with Gasteiger partial charge in [0.25, 0.3) is 0 Å². The van der Waals surface area contributed by atoms with Gasteiger partial charge in [0.1, 0.15) is 11.4 Å². The Kier molecular flexibility index (Phi) is 8.21. The van der Waals surface area contributed by atoms with Crippen molar-refractivity contribution in [3.05, 3.63) is 65.3 Å². The highest BCUT2D eigenvalue weighted by Gasteiger charge is 2.52. The van der Waals surface area contributed by atoms with Crippen LogP contribution in [0.1, 0.15) is 77.2 Å². The molecule has 6 nitrogen and oxygen atoms in total. The number of rotatable bonds is 7. The summed E-state index contributed by atoms with van der Waals surface area (Å²) < 4.78 is 5.31. The summed E-state index contributed by atoms with van der Waals surface area (Å²) in [5.74, 6) is 1.93. The largest absolute Gasteiger partial charge is 0.497 e. The standard InChI is InChI=1S/C33H45NO5/c1-22-25(16-28(36)18-31(22)37)10-9-24-6-5-15-33(3)26(11-14-30(24)33)17-27-19-32(2,21-35)39-34(27)20-23-7-12-29(38-4)13-8-23/h7-10,12-13,21,26-28,30-31,36-37H,1,5-6,11,14-20H2,2-4H3/b24-9+,25-10-/t26?,27?,28-,30+,31+,32?,33-/m1/s1. The molecule has 1 saturated heterocycles. The van der Waals surface area contributed by atoms with Gasteiger partial charge >= 0.3 is 0 Å². The molecule has 3 saturated carbocycles. The lowest BCUT2D eigenvalue weighted by Gasteiger charge is -2.43. The van der Waals surface area contributed by atoms with E-state index in [1.165, 1.54) is 31.3 Å². The van der Waals surface area contributed by atoms with E-state index in [-0.39, 0.29) is 11.5 Å². The lowest BCUT2D eigenvalue weighted by atomic mass is 9.62. The predicted octanol–water partition coefficient (Wildman–Crippen LogP) is 5.69. The van der Waals surface area contributed by atoms with Crippen LogP contribution >= 0.6 is 0 Å². The zero-order chi connectivity index (χ0) is 27.8. The fourth-order valence-electron chi connectivity index (χ4n) is 7.82. The van der Waals surface area contributed by atoms with Gasteiger partial charge in [0.2, 0.25) is 0 Å². The fraction of sp³-hybridized carbons (Fsp3) is 0.606. The van der Waals surface area contributed by atoms with E-state index in [2.05, 4.69) is 42.9 Å². The van der Waals surface area contributed by atoms with Gasteiger partial charge in [0.15, 0.2) is 6.29 Å². The summed E-state index contributed by atoms with van der Waals surface area (Å²) in [5.41, 5.74) is 3.80. The summed E-state index contributed by atoms with van der Waals surface area (Å²) in [6.45, 7) is 9.11. The second kappa shape index (κ2) is 11.3. The lowest BCUT2D eigenvalue weighted by molar-refractivity contribution is -0.201. The van der Waals surface area contributed by atoms with Crippen LogP contribution in [-0.2, 0) is 16.2 Å². The van der Waals surface area contributed by atoms with Crippen molar-refractivity contribution >= 4 is 6.29 Å². The van der Waals surface area contributed by atoms with Crippen LogP contribution in [-0.4, -0.2) is 52.5 Å². The molecule has 4 fully saturated rings. The Morgan fingerprint density at radius 2 is 1.95 bits per heavy atom. The van der Waals surface area contributed by atoms with Crippen molar-refractivity contribution in [3.8, 4) is 5.75 Å². The number of hydrogen-bond acceptors (Lipinski definition) is 6. The highest BCUT2D eigenvalue weighted by atomic mass is 16.7. The quantitative estimate of drug-likeness (QED) is 0.437. The molecule has 3 unspecified atom stereocenters. The lowest BCUT2D eigenvalue weighted by Crippen LogP contribution is -2.37. The number of aldehydes is 1. The number of methoxy groups -OCH3 is 1. The monoisotopic (exact) mass is 535 g/mol. The number of allylic oxidation sites excluding steroid dienone is 3. The summed E-state index contributed by atoms with van der Waals surface area (Å²) in [6, 6.07) is 8.25. The molecule has 1 aliphatic heterocycles. The smallest absolute Gasteiger partial charge is 0.153 e. The van der Waals surface area contributed by atoms with Gasteiger partial charge in [0.05, 0.1) is 19.3 Å². The molecule has 5 rings (SSSR count). The first-order valence-electron chi connectivity index (χ1n) is 14.6. The average Bonchev–Trinajstić information content (AvgIpc) is 3.42. The number of hydrogen-bond donors (Lipinski definition) is 2. The number of carbonyl (C=O) groups excluding carboxylic acids is 1. The number of benzene rings is 1. The van der Waals surface area contributed by atoms with Crippen molar-refractivity contribution in [1.29, 1.82) is 0 Å². The van der Waals surface area contributed by atoms with Crippen molar-refractivity contribution < 1.29 is 24.6 Å². The minimum atomic E-state index is -0.780. The summed E-state index contributed by atoms with van der Waals surface area (Å²) in [6.07, 6.45) is 12.7. The van der Waals surface area contributed by atoms with Gasteiger partial charge in [-0.2, -0.15) is 5.06 Å². The molecule has 1 aromatic carbocycles. The Morgan fingerprint density at radius 3 is 2.67 bits per heavy atom. The van der Waals surface area contributed by atoms with Crippen LogP contribution in [0.3, 0.4) is 0 Å². The highest BCUT2D eigenvalue weighted by molar-refractivity contribution is 5.62. The van der Waals surface area contributed by atoms with Crippen LogP contribution in [0.4, 0.5) is 0 Å². The number of ether oxygens (including phenoxy) is 1. The maximum absolute atomic E-state index is 12.0. The minimum absolute atomic E-state index is 0.188. The molecule has 6 heteroatoms. The maximum atomic E-state index is 12.0. The van der Waals surface area contributed by atoms with E-state index in [1.807, 2.05) is 19.1 Å². The van der Waals surface area contributed by atoms with Gasteiger partial charge in [-0.3, -0.25) is 4.84 Å². The molecular formula is C33H45NO5. The summed E-state index contributed by atoms with van der Waals surface area (Å²) in [5, 5.41) is 22.5. The van der Waals surface area contributed by atoms with Crippen LogP contribution in [0.15, 0.2) is 59.7 Å². The van der Waals surface area contributed by atoms with E-state index >= 15 is 0 Å². The number of aliphatic hydroxyl groups is 2. The third-order valence-corrected chi connectivity index (χ3v) is 10.1. The highest BCUT2D eigenvalue weighted by Crippen LogP contribution is 2.59. The van der Waals surface area contributed by atoms with E-state index in [9.17, 15) is 15.0 Å². The Hall–Kier alpha value is -2.25. The fourth-order valence-corrected chi connectivity index (χ4v) is 7.82. The van der Waals surface area contributed by atoms with Crippen LogP contribution in [0.2, 0.25) is 0 Å². The average molecular weight is 536 g/mol. The van der Waals surface area contributed by atoms with E-state index in [4.69, 9.17) is 9.57 Å². The van der Waals surface area contributed by atoms with Crippen molar-refractivity contribution in [2.75, 3.05) is 7.11 Å². The molecule has 0 amide bonds. The predicted molar refractivity (Wildman–Crippen MR) is 152 cm³/mol. The third-order valence-electron chi connectivity index (χ3n) is 10.1. The van der Waals surface area contributed by atoms with Crippen LogP contribution in [0, 0.1) is 17.3 Å². The third kappa shape index (κ3) is 5.81. The molecule has 212 valence electrons. The van der Waals surface area contributed by atoms with Crippen molar-refractivity contribution in [1.82, 2.24) is 5.06 Å². The van der Waals surface area contributed by atoms with Gasteiger partial charge in [-0.25, -0.2) is 0 Å². The van der Waals surface area contributed by atoms with Crippen molar-refractivity contribution in [3.63, 3.8) is 0 Å². The Bertz CT molecular complexity index is 1130. The molecule has 3 aliphatic carbocycles. The van der Waals surface area contributed by atoms with E-state index < -0.39 is 17.8 Å². The second-order valence-electron chi connectivity index (χ2n) is 12.8.